The molecule has 2 amide bonds. The van der Waals surface area contributed by atoms with Gasteiger partial charge in [-0.15, -0.1) is 10.2 Å². The number of methoxy groups -OCH3 is 3. The lowest BCUT2D eigenvalue weighted by molar-refractivity contribution is -0.142. The van der Waals surface area contributed by atoms with Crippen molar-refractivity contribution in [2.45, 2.75) is 50.7 Å². The molecule has 5 rings (SSSR count). The van der Waals surface area contributed by atoms with E-state index in [0.29, 0.717) is 35.3 Å². The van der Waals surface area contributed by atoms with Crippen LogP contribution in [0.2, 0.25) is 0 Å². The lowest BCUT2D eigenvalue weighted by Gasteiger charge is -2.30. The van der Waals surface area contributed by atoms with Gasteiger partial charge in [0.15, 0.2) is 17.5 Å². The molecule has 2 aromatic carbocycles. The smallest absolute Gasteiger partial charge is 0.250 e. The first-order chi connectivity index (χ1) is 21.0. The van der Waals surface area contributed by atoms with Gasteiger partial charge in [-0.05, 0) is 78.6 Å². The van der Waals surface area contributed by atoms with E-state index in [1.807, 2.05) is 30.3 Å². The van der Waals surface area contributed by atoms with E-state index in [-0.39, 0.29) is 30.9 Å². The fourth-order valence-corrected chi connectivity index (χ4v) is 5.28. The Kier molecular flexibility index (Phi) is 9.55. The molecule has 0 radical (unpaired) electrons. The highest BCUT2D eigenvalue weighted by Gasteiger charge is 2.35. The maximum Gasteiger partial charge on any atom is 0.250 e. The van der Waals surface area contributed by atoms with Crippen LogP contribution in [0.3, 0.4) is 0 Å². The van der Waals surface area contributed by atoms with Crippen LogP contribution in [0.4, 0.5) is 0 Å². The van der Waals surface area contributed by atoms with E-state index >= 15 is 0 Å². The highest BCUT2D eigenvalue weighted by molar-refractivity contribution is 5.88. The number of nitrogens with zero attached hydrogens (tertiary/aromatic N) is 5. The molecule has 1 aliphatic carbocycles. The van der Waals surface area contributed by atoms with Crippen molar-refractivity contribution < 1.29 is 28.2 Å². The Morgan fingerprint density at radius 1 is 1.02 bits per heavy atom. The van der Waals surface area contributed by atoms with Crippen molar-refractivity contribution in [2.75, 3.05) is 27.9 Å². The third kappa shape index (κ3) is 7.14. The van der Waals surface area contributed by atoms with E-state index < -0.39 is 6.04 Å². The number of rotatable bonds is 13. The molecule has 43 heavy (non-hydrogen) atoms. The van der Waals surface area contributed by atoms with Crippen LogP contribution in [0.1, 0.15) is 43.0 Å². The third-order valence-electron chi connectivity index (χ3n) is 7.56. The summed E-state index contributed by atoms with van der Waals surface area (Å²) in [5.74, 6) is 1.99. The minimum atomic E-state index is -0.979. The normalized spacial score (nSPS) is 13.8. The molecule has 0 unspecified atom stereocenters. The minimum absolute atomic E-state index is 0.0665. The van der Waals surface area contributed by atoms with Gasteiger partial charge >= 0.3 is 0 Å². The Balaban J connectivity index is 1.41. The van der Waals surface area contributed by atoms with Gasteiger partial charge in [-0.1, -0.05) is 18.9 Å². The van der Waals surface area contributed by atoms with Gasteiger partial charge in [-0.3, -0.25) is 9.59 Å². The summed E-state index contributed by atoms with van der Waals surface area (Å²) >= 11 is 0. The fraction of sp³-hybridized carbons (Fsp3) is 0.387. The summed E-state index contributed by atoms with van der Waals surface area (Å²) in [6, 6.07) is 15.3. The summed E-state index contributed by atoms with van der Waals surface area (Å²) in [5.41, 5.74) is 1.64. The second-order valence-electron chi connectivity index (χ2n) is 10.3. The van der Waals surface area contributed by atoms with Gasteiger partial charge in [0.2, 0.25) is 11.7 Å². The van der Waals surface area contributed by atoms with Gasteiger partial charge < -0.3 is 28.8 Å². The highest BCUT2D eigenvalue weighted by Crippen LogP contribution is 2.29. The highest BCUT2D eigenvalue weighted by atomic mass is 16.5. The van der Waals surface area contributed by atoms with Crippen molar-refractivity contribution in [1.82, 2.24) is 30.4 Å². The van der Waals surface area contributed by atoms with E-state index in [1.54, 1.807) is 45.6 Å². The van der Waals surface area contributed by atoms with Gasteiger partial charge in [0, 0.05) is 18.2 Å². The SMILES string of the molecule is COc1ccc(-c2nnn(CC(=O)N(CCc3ccc(OC)c(OC)c3)[C@@H](C(=O)NC3CCCC3)c3ccco3)n2)cc1. The molecule has 12 heteroatoms. The van der Waals surface area contributed by atoms with E-state index in [0.717, 1.165) is 36.8 Å². The number of amides is 2. The number of ether oxygens (including phenoxy) is 3. The molecule has 1 N–H and O–H groups in total. The Labute approximate surface area is 249 Å². The van der Waals surface area contributed by atoms with Crippen molar-refractivity contribution in [3.05, 3.63) is 72.2 Å². The van der Waals surface area contributed by atoms with E-state index in [4.69, 9.17) is 18.6 Å². The van der Waals surface area contributed by atoms with Crippen LogP contribution in [0, 0.1) is 0 Å². The number of hydrogen-bond donors (Lipinski definition) is 1. The zero-order valence-electron chi connectivity index (χ0n) is 24.6. The zero-order chi connectivity index (χ0) is 30.2. The topological polar surface area (TPSA) is 134 Å². The molecular formula is C31H36N6O6. The second-order valence-corrected chi connectivity index (χ2v) is 10.3. The van der Waals surface area contributed by atoms with Crippen LogP contribution in [0.25, 0.3) is 11.4 Å². The number of aromatic nitrogens is 4. The van der Waals surface area contributed by atoms with Crippen LogP contribution in [0.15, 0.2) is 65.3 Å². The summed E-state index contributed by atoms with van der Waals surface area (Å²) in [5, 5.41) is 15.8. The number of tetrazole rings is 1. The molecule has 0 saturated heterocycles. The van der Waals surface area contributed by atoms with Crippen molar-refractivity contribution in [3.63, 3.8) is 0 Å². The summed E-state index contributed by atoms with van der Waals surface area (Å²) < 4.78 is 21.8. The summed E-state index contributed by atoms with van der Waals surface area (Å²) in [4.78, 5) is 30.5. The minimum Gasteiger partial charge on any atom is -0.497 e. The maximum atomic E-state index is 14.0. The lowest BCUT2D eigenvalue weighted by Crippen LogP contribution is -2.47. The number of benzene rings is 2. The zero-order valence-corrected chi connectivity index (χ0v) is 24.6. The van der Waals surface area contributed by atoms with Gasteiger partial charge in [0.1, 0.15) is 18.1 Å². The van der Waals surface area contributed by atoms with E-state index in [1.165, 1.54) is 16.0 Å². The Hall–Kier alpha value is -4.87. The molecule has 2 heterocycles. The van der Waals surface area contributed by atoms with Crippen LogP contribution in [-0.4, -0.2) is 70.8 Å². The molecule has 0 aliphatic heterocycles. The second kappa shape index (κ2) is 13.9. The van der Waals surface area contributed by atoms with Crippen LogP contribution in [-0.2, 0) is 22.6 Å². The van der Waals surface area contributed by atoms with Crippen molar-refractivity contribution in [2.24, 2.45) is 0 Å². The number of nitrogens with one attached hydrogen (secondary N) is 1. The monoisotopic (exact) mass is 588 g/mol. The van der Waals surface area contributed by atoms with Crippen LogP contribution >= 0.6 is 0 Å². The Morgan fingerprint density at radius 3 is 2.47 bits per heavy atom. The average molecular weight is 589 g/mol. The number of hydrogen-bond acceptors (Lipinski definition) is 9. The first-order valence-corrected chi connectivity index (χ1v) is 14.3. The molecule has 4 aromatic rings. The van der Waals surface area contributed by atoms with Crippen molar-refractivity contribution in [3.8, 4) is 28.6 Å². The van der Waals surface area contributed by atoms with Crippen LogP contribution < -0.4 is 19.5 Å². The standard InChI is InChI=1S/C31H36N6O6/c1-40-24-13-11-22(12-14-24)30-33-35-37(34-30)20-28(38)36(17-16-21-10-15-25(41-2)27(19-21)42-3)29(26-9-6-18-43-26)31(39)32-23-7-4-5-8-23/h6,9-15,18-19,23,29H,4-5,7-8,16-17,20H2,1-3H3,(H,32,39)/t29-/m1/s1. The van der Waals surface area contributed by atoms with Crippen LogP contribution in [0.5, 0.6) is 17.2 Å². The number of carbonyl (C=O) groups excluding carboxylic acids is 2. The quantitative estimate of drug-likeness (QED) is 0.247. The first-order valence-electron chi connectivity index (χ1n) is 14.3. The Bertz CT molecular complexity index is 1500. The average Bonchev–Trinajstić information content (AvgIpc) is 3.83. The van der Waals surface area contributed by atoms with Gasteiger partial charge in [-0.25, -0.2) is 0 Å². The lowest BCUT2D eigenvalue weighted by atomic mass is 10.1. The Morgan fingerprint density at radius 2 is 1.79 bits per heavy atom. The molecule has 1 aliphatic rings. The molecule has 0 spiro atoms. The maximum absolute atomic E-state index is 14.0. The predicted octanol–water partition coefficient (Wildman–Crippen LogP) is 3.83. The molecule has 2 aromatic heterocycles. The van der Waals surface area contributed by atoms with Gasteiger partial charge in [0.25, 0.3) is 5.91 Å². The van der Waals surface area contributed by atoms with Crippen molar-refractivity contribution in [1.29, 1.82) is 0 Å². The molecular weight excluding hydrogens is 552 g/mol. The van der Waals surface area contributed by atoms with E-state index in [9.17, 15) is 9.59 Å². The number of furan rings is 1. The molecule has 1 saturated carbocycles. The summed E-state index contributed by atoms with van der Waals surface area (Å²) in [7, 11) is 4.74. The molecule has 226 valence electrons. The third-order valence-corrected chi connectivity index (χ3v) is 7.56. The molecule has 1 fully saturated rings. The van der Waals surface area contributed by atoms with Gasteiger partial charge in [0.05, 0.1) is 27.6 Å². The largest absolute Gasteiger partial charge is 0.497 e. The van der Waals surface area contributed by atoms with Gasteiger partial charge in [-0.2, -0.15) is 4.80 Å². The fourth-order valence-electron chi connectivity index (χ4n) is 5.28. The predicted molar refractivity (Wildman–Crippen MR) is 157 cm³/mol. The molecule has 1 atom stereocenters. The summed E-state index contributed by atoms with van der Waals surface area (Å²) in [6.45, 7) is 0.000803. The van der Waals surface area contributed by atoms with E-state index in [2.05, 4.69) is 20.7 Å². The summed E-state index contributed by atoms with van der Waals surface area (Å²) in [6.07, 6.45) is 5.89. The van der Waals surface area contributed by atoms with Crippen molar-refractivity contribution >= 4 is 11.8 Å². The molecule has 0 bridgehead atoms. The first kappa shape index (κ1) is 29.6. The number of carbonyl (C=O) groups is 2. The molecule has 12 nitrogen and oxygen atoms in total.